The van der Waals surface area contributed by atoms with E-state index in [1.165, 1.54) is 0 Å². The van der Waals surface area contributed by atoms with E-state index in [2.05, 4.69) is 21.2 Å². The molecule has 18 heavy (non-hydrogen) atoms. The van der Waals surface area contributed by atoms with Crippen molar-refractivity contribution in [1.29, 1.82) is 0 Å². The van der Waals surface area contributed by atoms with Gasteiger partial charge in [0.2, 0.25) is 5.91 Å². The van der Waals surface area contributed by atoms with Gasteiger partial charge in [0.1, 0.15) is 0 Å². The lowest BCUT2D eigenvalue weighted by atomic mass is 10.1. The molecule has 1 aromatic rings. The van der Waals surface area contributed by atoms with E-state index in [0.717, 1.165) is 22.1 Å². The summed E-state index contributed by atoms with van der Waals surface area (Å²) in [7, 11) is 1.62. The van der Waals surface area contributed by atoms with Crippen LogP contribution in [0.4, 0.5) is 5.69 Å². The highest BCUT2D eigenvalue weighted by atomic mass is 79.9. The minimum Gasteiger partial charge on any atom is -0.380 e. The standard InChI is InChI=1S/C13H19BrN2O2/c1-3-9(15)7-13(17)16-12-6-4-5-11(14)10(12)8-18-2/h4-6,9H,3,7-8,15H2,1-2H3,(H,16,17). The zero-order valence-electron chi connectivity index (χ0n) is 10.7. The molecule has 4 nitrogen and oxygen atoms in total. The van der Waals surface area contributed by atoms with Crippen LogP contribution in [0.2, 0.25) is 0 Å². The van der Waals surface area contributed by atoms with Crippen LogP contribution >= 0.6 is 15.9 Å². The first-order valence-electron chi connectivity index (χ1n) is 5.90. The fourth-order valence-corrected chi connectivity index (χ4v) is 2.03. The Morgan fingerprint density at radius 1 is 1.56 bits per heavy atom. The largest absolute Gasteiger partial charge is 0.380 e. The molecule has 0 aliphatic carbocycles. The molecule has 1 atom stereocenters. The van der Waals surface area contributed by atoms with Crippen LogP contribution in [0.3, 0.4) is 0 Å². The second kappa shape index (κ2) is 7.51. The van der Waals surface area contributed by atoms with E-state index in [9.17, 15) is 4.79 Å². The van der Waals surface area contributed by atoms with E-state index in [1.54, 1.807) is 7.11 Å². The average Bonchev–Trinajstić information content (AvgIpc) is 2.33. The Kier molecular flexibility index (Phi) is 6.32. The van der Waals surface area contributed by atoms with Gasteiger partial charge in [-0.05, 0) is 18.6 Å². The summed E-state index contributed by atoms with van der Waals surface area (Å²) in [6.07, 6.45) is 1.12. The van der Waals surface area contributed by atoms with Gasteiger partial charge in [0.25, 0.3) is 0 Å². The van der Waals surface area contributed by atoms with E-state index in [1.807, 2.05) is 25.1 Å². The molecule has 1 aromatic carbocycles. The van der Waals surface area contributed by atoms with E-state index in [-0.39, 0.29) is 11.9 Å². The maximum Gasteiger partial charge on any atom is 0.225 e. The number of nitrogens with two attached hydrogens (primary N) is 1. The Balaban J connectivity index is 2.77. The molecule has 0 aromatic heterocycles. The van der Waals surface area contributed by atoms with Crippen LogP contribution in [0.5, 0.6) is 0 Å². The number of hydrogen-bond acceptors (Lipinski definition) is 3. The predicted molar refractivity (Wildman–Crippen MR) is 76.4 cm³/mol. The van der Waals surface area contributed by atoms with Crippen molar-refractivity contribution in [3.8, 4) is 0 Å². The molecule has 5 heteroatoms. The first kappa shape index (κ1) is 15.1. The van der Waals surface area contributed by atoms with Crippen molar-refractivity contribution in [2.75, 3.05) is 12.4 Å². The molecule has 0 saturated heterocycles. The number of benzene rings is 1. The zero-order chi connectivity index (χ0) is 13.5. The summed E-state index contributed by atoms with van der Waals surface area (Å²) in [4.78, 5) is 11.8. The molecule has 0 heterocycles. The normalized spacial score (nSPS) is 12.2. The van der Waals surface area contributed by atoms with Crippen LogP contribution in [0.25, 0.3) is 0 Å². The lowest BCUT2D eigenvalue weighted by molar-refractivity contribution is -0.116. The number of hydrogen-bond donors (Lipinski definition) is 2. The highest BCUT2D eigenvalue weighted by molar-refractivity contribution is 9.10. The SMILES string of the molecule is CCC(N)CC(=O)Nc1cccc(Br)c1COC. The van der Waals surface area contributed by atoms with E-state index >= 15 is 0 Å². The lowest BCUT2D eigenvalue weighted by Gasteiger charge is -2.14. The van der Waals surface area contributed by atoms with Crippen molar-refractivity contribution in [3.63, 3.8) is 0 Å². The first-order chi connectivity index (χ1) is 8.58. The van der Waals surface area contributed by atoms with Gasteiger partial charge in [-0.1, -0.05) is 28.9 Å². The Morgan fingerprint density at radius 2 is 2.28 bits per heavy atom. The van der Waals surface area contributed by atoms with Crippen LogP contribution in [-0.4, -0.2) is 19.1 Å². The molecule has 0 spiro atoms. The van der Waals surface area contributed by atoms with Crippen LogP contribution in [-0.2, 0) is 16.1 Å². The molecule has 0 bridgehead atoms. The second-order valence-corrected chi connectivity index (χ2v) is 4.97. The molecular weight excluding hydrogens is 296 g/mol. The highest BCUT2D eigenvalue weighted by Crippen LogP contribution is 2.25. The molecule has 0 aliphatic rings. The van der Waals surface area contributed by atoms with Gasteiger partial charge in [0, 0.05) is 35.3 Å². The molecule has 0 aliphatic heterocycles. The summed E-state index contributed by atoms with van der Waals surface area (Å²) in [5, 5.41) is 2.87. The van der Waals surface area contributed by atoms with Crippen molar-refractivity contribution in [2.24, 2.45) is 5.73 Å². The van der Waals surface area contributed by atoms with Crippen molar-refractivity contribution in [2.45, 2.75) is 32.4 Å². The van der Waals surface area contributed by atoms with E-state index in [0.29, 0.717) is 13.0 Å². The molecule has 1 amide bonds. The first-order valence-corrected chi connectivity index (χ1v) is 6.69. The third kappa shape index (κ3) is 4.40. The average molecular weight is 315 g/mol. The highest BCUT2D eigenvalue weighted by Gasteiger charge is 2.11. The molecule has 0 saturated carbocycles. The van der Waals surface area contributed by atoms with E-state index < -0.39 is 0 Å². The maximum absolute atomic E-state index is 11.8. The van der Waals surface area contributed by atoms with Crippen molar-refractivity contribution >= 4 is 27.5 Å². The summed E-state index contributed by atoms with van der Waals surface area (Å²) < 4.78 is 6.05. The topological polar surface area (TPSA) is 64.4 Å². The number of halogens is 1. The zero-order valence-corrected chi connectivity index (χ0v) is 12.3. The van der Waals surface area contributed by atoms with Gasteiger partial charge in [-0.15, -0.1) is 0 Å². The molecule has 0 fully saturated rings. The van der Waals surface area contributed by atoms with Gasteiger partial charge in [-0.2, -0.15) is 0 Å². The summed E-state index contributed by atoms with van der Waals surface area (Å²) in [5.74, 6) is -0.0696. The lowest BCUT2D eigenvalue weighted by Crippen LogP contribution is -2.26. The van der Waals surface area contributed by atoms with Crippen LogP contribution in [0, 0.1) is 0 Å². The maximum atomic E-state index is 11.8. The third-order valence-electron chi connectivity index (χ3n) is 2.65. The summed E-state index contributed by atoms with van der Waals surface area (Å²) in [6.45, 7) is 2.41. The van der Waals surface area contributed by atoms with Gasteiger partial charge >= 0.3 is 0 Å². The Labute approximate surface area is 116 Å². The number of anilines is 1. The Bertz CT molecular complexity index is 410. The fraction of sp³-hybridized carbons (Fsp3) is 0.462. The Morgan fingerprint density at radius 3 is 2.89 bits per heavy atom. The van der Waals surface area contributed by atoms with Gasteiger partial charge in [0.15, 0.2) is 0 Å². The minimum atomic E-state index is -0.0944. The predicted octanol–water partition coefficient (Wildman–Crippen LogP) is 2.66. The van der Waals surface area contributed by atoms with Gasteiger partial charge in [-0.3, -0.25) is 4.79 Å². The number of ether oxygens (including phenoxy) is 1. The van der Waals surface area contributed by atoms with Crippen molar-refractivity contribution in [1.82, 2.24) is 0 Å². The smallest absolute Gasteiger partial charge is 0.225 e. The molecule has 1 unspecified atom stereocenters. The van der Waals surface area contributed by atoms with Crippen molar-refractivity contribution in [3.05, 3.63) is 28.2 Å². The molecular formula is C13H19BrN2O2. The number of rotatable bonds is 6. The number of carbonyl (C=O) groups excluding carboxylic acids is 1. The molecule has 0 radical (unpaired) electrons. The quantitative estimate of drug-likeness (QED) is 0.848. The number of methoxy groups -OCH3 is 1. The number of amides is 1. The van der Waals surface area contributed by atoms with Gasteiger partial charge in [0.05, 0.1) is 6.61 Å². The summed E-state index contributed by atoms with van der Waals surface area (Å²) in [5.41, 5.74) is 7.45. The number of carbonyl (C=O) groups is 1. The number of nitrogens with one attached hydrogen (secondary N) is 1. The molecule has 1 rings (SSSR count). The minimum absolute atomic E-state index is 0.0696. The monoisotopic (exact) mass is 314 g/mol. The van der Waals surface area contributed by atoms with Gasteiger partial charge in [-0.25, -0.2) is 0 Å². The van der Waals surface area contributed by atoms with Crippen LogP contribution in [0.1, 0.15) is 25.3 Å². The van der Waals surface area contributed by atoms with Crippen LogP contribution in [0.15, 0.2) is 22.7 Å². The molecule has 3 N–H and O–H groups in total. The Hall–Kier alpha value is -0.910. The summed E-state index contributed by atoms with van der Waals surface area (Å²) >= 11 is 3.45. The summed E-state index contributed by atoms with van der Waals surface area (Å²) in [6, 6.07) is 5.55. The third-order valence-corrected chi connectivity index (χ3v) is 3.40. The van der Waals surface area contributed by atoms with E-state index in [4.69, 9.17) is 10.5 Å². The second-order valence-electron chi connectivity index (χ2n) is 4.12. The van der Waals surface area contributed by atoms with Crippen molar-refractivity contribution < 1.29 is 9.53 Å². The van der Waals surface area contributed by atoms with Gasteiger partial charge < -0.3 is 15.8 Å². The molecule has 100 valence electrons. The van der Waals surface area contributed by atoms with Crippen LogP contribution < -0.4 is 11.1 Å². The fourth-order valence-electron chi connectivity index (χ4n) is 1.55.